The summed E-state index contributed by atoms with van der Waals surface area (Å²) in [5.41, 5.74) is 0.259. The number of amides is 1. The van der Waals surface area contributed by atoms with Crippen molar-refractivity contribution in [3.63, 3.8) is 0 Å². The van der Waals surface area contributed by atoms with Crippen molar-refractivity contribution in [1.82, 2.24) is 0 Å². The third kappa shape index (κ3) is 2.69. The Morgan fingerprint density at radius 1 is 1.38 bits per heavy atom. The molecule has 0 spiro atoms. The molecule has 0 unspecified atom stereocenters. The lowest BCUT2D eigenvalue weighted by Gasteiger charge is -2.24. The standard InChI is InChI=1S/C13H13FN2O3S2/c1-8(17)15-13-16(10-5-3-2-4-9(10)14)11-6-21(18,19)7-12(11)20-13/h2-5,11-12H,6-7H2,1H3/t11-,12+/m1/s1. The number of nitrogens with zero attached hydrogens (tertiary/aromatic N) is 2. The van der Waals surface area contributed by atoms with E-state index in [-0.39, 0.29) is 34.4 Å². The van der Waals surface area contributed by atoms with E-state index in [1.165, 1.54) is 24.8 Å². The van der Waals surface area contributed by atoms with E-state index in [1.807, 2.05) is 0 Å². The summed E-state index contributed by atoms with van der Waals surface area (Å²) in [5, 5.41) is 0.158. The number of carbonyl (C=O) groups excluding carboxylic acids is 1. The van der Waals surface area contributed by atoms with Gasteiger partial charge in [0.15, 0.2) is 15.0 Å². The lowest BCUT2D eigenvalue weighted by molar-refractivity contribution is -0.115. The molecule has 1 aromatic rings. The number of benzene rings is 1. The van der Waals surface area contributed by atoms with E-state index in [0.717, 1.165) is 0 Å². The summed E-state index contributed by atoms with van der Waals surface area (Å²) in [6.07, 6.45) is 0. The fourth-order valence-electron chi connectivity index (χ4n) is 2.63. The van der Waals surface area contributed by atoms with Gasteiger partial charge in [-0.05, 0) is 12.1 Å². The van der Waals surface area contributed by atoms with Crippen LogP contribution in [0.25, 0.3) is 0 Å². The summed E-state index contributed by atoms with van der Waals surface area (Å²) in [6.45, 7) is 1.32. The number of sulfone groups is 1. The molecular weight excluding hydrogens is 315 g/mol. The fourth-order valence-corrected chi connectivity index (χ4v) is 6.58. The predicted molar refractivity (Wildman–Crippen MR) is 80.8 cm³/mol. The number of rotatable bonds is 1. The molecule has 8 heteroatoms. The molecule has 0 N–H and O–H groups in total. The van der Waals surface area contributed by atoms with Gasteiger partial charge in [-0.3, -0.25) is 4.79 Å². The second kappa shape index (κ2) is 5.10. The minimum atomic E-state index is -3.14. The van der Waals surface area contributed by atoms with Crippen LogP contribution in [0.1, 0.15) is 6.92 Å². The molecular formula is C13H13FN2O3S2. The summed E-state index contributed by atoms with van der Waals surface area (Å²) in [6, 6.07) is 5.73. The molecule has 0 bridgehead atoms. The number of carbonyl (C=O) groups is 1. The number of thioether (sulfide) groups is 1. The van der Waals surface area contributed by atoms with Gasteiger partial charge in [-0.25, -0.2) is 12.8 Å². The van der Waals surface area contributed by atoms with Gasteiger partial charge in [0.25, 0.3) is 0 Å². The van der Waals surface area contributed by atoms with E-state index >= 15 is 0 Å². The van der Waals surface area contributed by atoms with Crippen molar-refractivity contribution in [2.45, 2.75) is 18.2 Å². The molecule has 2 fully saturated rings. The predicted octanol–water partition coefficient (Wildman–Crippen LogP) is 1.45. The second-order valence-electron chi connectivity index (χ2n) is 5.04. The molecule has 2 atom stereocenters. The highest BCUT2D eigenvalue weighted by Gasteiger charge is 2.49. The molecule has 1 aromatic carbocycles. The van der Waals surface area contributed by atoms with Gasteiger partial charge >= 0.3 is 0 Å². The number of hydrogen-bond donors (Lipinski definition) is 0. The number of hydrogen-bond acceptors (Lipinski definition) is 4. The Kier molecular flexibility index (Phi) is 3.53. The zero-order chi connectivity index (χ0) is 15.2. The van der Waals surface area contributed by atoms with Gasteiger partial charge in [-0.1, -0.05) is 23.9 Å². The van der Waals surface area contributed by atoms with Crippen LogP contribution in [0.4, 0.5) is 10.1 Å². The van der Waals surface area contributed by atoms with Crippen LogP contribution in [0, 0.1) is 5.82 Å². The summed E-state index contributed by atoms with van der Waals surface area (Å²) >= 11 is 1.23. The molecule has 0 saturated carbocycles. The van der Waals surface area contributed by atoms with Gasteiger partial charge in [-0.2, -0.15) is 4.99 Å². The highest BCUT2D eigenvalue weighted by Crippen LogP contribution is 2.41. The van der Waals surface area contributed by atoms with Gasteiger partial charge in [0.05, 0.1) is 23.2 Å². The third-order valence-corrected chi connectivity index (χ3v) is 6.64. The van der Waals surface area contributed by atoms with Crippen LogP contribution < -0.4 is 4.90 Å². The lowest BCUT2D eigenvalue weighted by atomic mass is 10.2. The van der Waals surface area contributed by atoms with Crippen molar-refractivity contribution in [2.24, 2.45) is 4.99 Å². The zero-order valence-corrected chi connectivity index (χ0v) is 12.8. The largest absolute Gasteiger partial charge is 0.313 e. The third-order valence-electron chi connectivity index (χ3n) is 3.43. The van der Waals surface area contributed by atoms with Crippen molar-refractivity contribution >= 4 is 38.4 Å². The topological polar surface area (TPSA) is 66.8 Å². The van der Waals surface area contributed by atoms with E-state index in [0.29, 0.717) is 5.17 Å². The Hall–Kier alpha value is -1.41. The van der Waals surface area contributed by atoms with Crippen LogP contribution in [0.3, 0.4) is 0 Å². The molecule has 2 aliphatic heterocycles. The first-order valence-electron chi connectivity index (χ1n) is 6.37. The number of halogens is 1. The normalized spacial score (nSPS) is 28.9. The molecule has 0 aliphatic carbocycles. The van der Waals surface area contributed by atoms with Crippen molar-refractivity contribution in [3.8, 4) is 0 Å². The molecule has 5 nitrogen and oxygen atoms in total. The number of para-hydroxylation sites is 1. The van der Waals surface area contributed by atoms with E-state index in [2.05, 4.69) is 4.99 Å². The Morgan fingerprint density at radius 3 is 2.76 bits per heavy atom. The summed E-state index contributed by atoms with van der Waals surface area (Å²) in [4.78, 5) is 16.7. The van der Waals surface area contributed by atoms with E-state index in [9.17, 15) is 17.6 Å². The smallest absolute Gasteiger partial charge is 0.244 e. The first-order valence-corrected chi connectivity index (χ1v) is 9.07. The quantitative estimate of drug-likeness (QED) is 0.780. The first kappa shape index (κ1) is 14.5. The van der Waals surface area contributed by atoms with Crippen molar-refractivity contribution in [1.29, 1.82) is 0 Å². The fraction of sp³-hybridized carbons (Fsp3) is 0.385. The average Bonchev–Trinajstić information content (AvgIpc) is 2.81. The highest BCUT2D eigenvalue weighted by atomic mass is 32.2. The summed E-state index contributed by atoms with van der Waals surface area (Å²) in [5.74, 6) is -0.860. The lowest BCUT2D eigenvalue weighted by Crippen LogP contribution is -2.38. The summed E-state index contributed by atoms with van der Waals surface area (Å²) in [7, 11) is -3.14. The minimum Gasteiger partial charge on any atom is -0.313 e. The van der Waals surface area contributed by atoms with Crippen LogP contribution >= 0.6 is 11.8 Å². The molecule has 21 heavy (non-hydrogen) atoms. The maximum atomic E-state index is 14.1. The molecule has 0 radical (unpaired) electrons. The number of amidine groups is 1. The monoisotopic (exact) mass is 328 g/mol. The molecule has 2 heterocycles. The van der Waals surface area contributed by atoms with Crippen LogP contribution in [0.2, 0.25) is 0 Å². The summed E-state index contributed by atoms with van der Waals surface area (Å²) < 4.78 is 37.7. The number of anilines is 1. The molecule has 3 rings (SSSR count). The molecule has 2 saturated heterocycles. The van der Waals surface area contributed by atoms with Crippen LogP contribution in [0.5, 0.6) is 0 Å². The van der Waals surface area contributed by atoms with E-state index < -0.39 is 15.7 Å². The Labute approximate surface area is 126 Å². The SMILES string of the molecule is CC(=O)N=C1S[C@H]2CS(=O)(=O)C[C@H]2N1c1ccccc1F. The van der Waals surface area contributed by atoms with Crippen LogP contribution in [-0.4, -0.2) is 42.3 Å². The van der Waals surface area contributed by atoms with E-state index in [1.54, 1.807) is 23.1 Å². The van der Waals surface area contributed by atoms with E-state index in [4.69, 9.17) is 0 Å². The maximum absolute atomic E-state index is 14.1. The maximum Gasteiger partial charge on any atom is 0.244 e. The van der Waals surface area contributed by atoms with Gasteiger partial charge in [0.2, 0.25) is 5.91 Å². The van der Waals surface area contributed by atoms with Gasteiger partial charge in [0, 0.05) is 12.2 Å². The minimum absolute atomic E-state index is 0.0320. The van der Waals surface area contributed by atoms with Gasteiger partial charge in [-0.15, -0.1) is 0 Å². The van der Waals surface area contributed by atoms with Crippen molar-refractivity contribution in [3.05, 3.63) is 30.1 Å². The Bertz CT molecular complexity index is 733. The van der Waals surface area contributed by atoms with Crippen molar-refractivity contribution in [2.75, 3.05) is 16.4 Å². The van der Waals surface area contributed by atoms with Crippen LogP contribution in [0.15, 0.2) is 29.3 Å². The molecule has 2 aliphatic rings. The number of fused-ring (bicyclic) bond motifs is 1. The van der Waals surface area contributed by atoms with Crippen molar-refractivity contribution < 1.29 is 17.6 Å². The van der Waals surface area contributed by atoms with Gasteiger partial charge < -0.3 is 4.90 Å². The molecule has 0 aromatic heterocycles. The molecule has 112 valence electrons. The first-order chi connectivity index (χ1) is 9.87. The number of aliphatic imine (C=N–C) groups is 1. The highest BCUT2D eigenvalue weighted by molar-refractivity contribution is 8.16. The zero-order valence-electron chi connectivity index (χ0n) is 11.2. The second-order valence-corrected chi connectivity index (χ2v) is 8.40. The Morgan fingerprint density at radius 2 is 2.10 bits per heavy atom. The average molecular weight is 328 g/mol. The van der Waals surface area contributed by atoms with Crippen LogP contribution in [-0.2, 0) is 14.6 Å². The molecule has 1 amide bonds. The van der Waals surface area contributed by atoms with Gasteiger partial charge in [0.1, 0.15) is 5.82 Å². The Balaban J connectivity index is 2.07.